The molecule has 6 aromatic carbocycles. The van der Waals surface area contributed by atoms with Gasteiger partial charge in [0.1, 0.15) is 0 Å². The van der Waals surface area contributed by atoms with Gasteiger partial charge in [0.15, 0.2) is 0 Å². The molecule has 1 heteroatoms. The summed E-state index contributed by atoms with van der Waals surface area (Å²) in [5.41, 5.74) is 14.8. The van der Waals surface area contributed by atoms with E-state index >= 15 is 0 Å². The van der Waals surface area contributed by atoms with E-state index in [1.807, 2.05) is 0 Å². The lowest BCUT2D eigenvalue weighted by Crippen LogP contribution is -2.23. The van der Waals surface area contributed by atoms with E-state index in [2.05, 4.69) is 160 Å². The predicted molar refractivity (Wildman–Crippen MR) is 183 cm³/mol. The molecule has 210 valence electrons. The first kappa shape index (κ1) is 26.0. The summed E-state index contributed by atoms with van der Waals surface area (Å²) in [5.74, 6) is 0. The molecule has 0 bridgehead atoms. The van der Waals surface area contributed by atoms with Crippen molar-refractivity contribution in [1.29, 1.82) is 0 Å². The van der Waals surface area contributed by atoms with Crippen LogP contribution in [-0.2, 0) is 10.8 Å². The molecule has 43 heavy (non-hydrogen) atoms. The molecule has 0 amide bonds. The van der Waals surface area contributed by atoms with E-state index in [0.717, 1.165) is 12.8 Å². The first-order valence-electron chi connectivity index (χ1n) is 15.7. The average molecular weight is 556 g/mol. The van der Waals surface area contributed by atoms with Gasteiger partial charge < -0.3 is 4.90 Å². The molecule has 0 atom stereocenters. The summed E-state index contributed by atoms with van der Waals surface area (Å²) in [4.78, 5) is 2.44. The van der Waals surface area contributed by atoms with Crippen molar-refractivity contribution >= 4 is 27.8 Å². The van der Waals surface area contributed by atoms with E-state index in [9.17, 15) is 0 Å². The van der Waals surface area contributed by atoms with Crippen molar-refractivity contribution in [2.75, 3.05) is 4.90 Å². The number of anilines is 3. The molecule has 0 fully saturated rings. The summed E-state index contributed by atoms with van der Waals surface area (Å²) in [7, 11) is 0. The van der Waals surface area contributed by atoms with Crippen LogP contribution >= 0.6 is 0 Å². The van der Waals surface area contributed by atoms with Crippen LogP contribution in [0.2, 0.25) is 0 Å². The van der Waals surface area contributed by atoms with Crippen molar-refractivity contribution in [3.63, 3.8) is 0 Å². The molecule has 1 nitrogen and oxygen atoms in total. The van der Waals surface area contributed by atoms with Crippen molar-refractivity contribution in [2.45, 2.75) is 51.4 Å². The van der Waals surface area contributed by atoms with Crippen LogP contribution in [0.1, 0.15) is 62.8 Å². The largest absolute Gasteiger partial charge is 0.310 e. The highest BCUT2D eigenvalue weighted by atomic mass is 15.1. The molecule has 2 aliphatic rings. The summed E-state index contributed by atoms with van der Waals surface area (Å²) in [6, 6.07) is 47.7. The molecular weight excluding hydrogens is 518 g/mol. The number of benzene rings is 6. The third-order valence-corrected chi connectivity index (χ3v) is 10.5. The lowest BCUT2D eigenvalue weighted by atomic mass is 9.73. The zero-order valence-electron chi connectivity index (χ0n) is 25.5. The number of nitrogens with zero attached hydrogens (tertiary/aromatic N) is 1. The summed E-state index contributed by atoms with van der Waals surface area (Å²) in [6.07, 6.45) is 2.17. The molecule has 0 spiro atoms. The van der Waals surface area contributed by atoms with Crippen LogP contribution in [0.4, 0.5) is 17.1 Å². The van der Waals surface area contributed by atoms with Gasteiger partial charge in [-0.3, -0.25) is 0 Å². The van der Waals surface area contributed by atoms with E-state index in [0.29, 0.717) is 0 Å². The zero-order chi connectivity index (χ0) is 29.3. The molecule has 0 aromatic heterocycles. The molecular formula is C42H37N. The fraction of sp³-hybridized carbons (Fsp3) is 0.190. The van der Waals surface area contributed by atoms with Crippen LogP contribution in [0.3, 0.4) is 0 Å². The second-order valence-electron chi connectivity index (χ2n) is 12.8. The molecule has 6 aromatic rings. The first-order valence-corrected chi connectivity index (χ1v) is 15.7. The highest BCUT2D eigenvalue weighted by molar-refractivity contribution is 5.95. The maximum atomic E-state index is 2.46. The fourth-order valence-corrected chi connectivity index (χ4v) is 8.18. The zero-order valence-corrected chi connectivity index (χ0v) is 25.5. The Kier molecular flexibility index (Phi) is 5.72. The van der Waals surface area contributed by atoms with Gasteiger partial charge in [-0.2, -0.15) is 0 Å². The molecule has 0 saturated heterocycles. The SMILES string of the molecule is CCC1(CC)c2ccc(N(c3ccccc3)c3ccc4c(c3)C(C)(C)c3ccccc3-4)cc2-c2cc3ccccc3cc21. The van der Waals surface area contributed by atoms with Gasteiger partial charge in [0.25, 0.3) is 0 Å². The van der Waals surface area contributed by atoms with Gasteiger partial charge in [0.05, 0.1) is 0 Å². The Balaban J connectivity index is 1.34. The number of para-hydroxylation sites is 1. The number of rotatable bonds is 5. The minimum Gasteiger partial charge on any atom is -0.310 e. The second kappa shape index (κ2) is 9.44. The normalized spacial score (nSPS) is 15.1. The van der Waals surface area contributed by atoms with Gasteiger partial charge in [-0.1, -0.05) is 107 Å². The van der Waals surface area contributed by atoms with E-state index in [-0.39, 0.29) is 10.8 Å². The van der Waals surface area contributed by atoms with Gasteiger partial charge >= 0.3 is 0 Å². The molecule has 0 heterocycles. The Morgan fingerprint density at radius 3 is 1.81 bits per heavy atom. The van der Waals surface area contributed by atoms with Gasteiger partial charge in [-0.15, -0.1) is 0 Å². The smallest absolute Gasteiger partial charge is 0.0468 e. The Labute approximate surface area is 255 Å². The Morgan fingerprint density at radius 2 is 1.05 bits per heavy atom. The van der Waals surface area contributed by atoms with Crippen LogP contribution in [0.25, 0.3) is 33.0 Å². The Morgan fingerprint density at radius 1 is 0.442 bits per heavy atom. The van der Waals surface area contributed by atoms with Crippen LogP contribution in [-0.4, -0.2) is 0 Å². The van der Waals surface area contributed by atoms with Crippen molar-refractivity contribution in [3.8, 4) is 22.3 Å². The minimum absolute atomic E-state index is 0.0359. The second-order valence-corrected chi connectivity index (χ2v) is 12.8. The number of hydrogen-bond donors (Lipinski definition) is 0. The quantitative estimate of drug-likeness (QED) is 0.204. The van der Waals surface area contributed by atoms with Gasteiger partial charge in [-0.25, -0.2) is 0 Å². The van der Waals surface area contributed by atoms with E-state index < -0.39 is 0 Å². The molecule has 0 unspecified atom stereocenters. The molecule has 0 aliphatic heterocycles. The van der Waals surface area contributed by atoms with E-state index in [1.165, 1.54) is 72.3 Å². The summed E-state index contributed by atoms with van der Waals surface area (Å²) >= 11 is 0. The van der Waals surface area contributed by atoms with Gasteiger partial charge in [0, 0.05) is 27.9 Å². The molecule has 0 saturated carbocycles. The fourth-order valence-electron chi connectivity index (χ4n) is 8.18. The number of fused-ring (bicyclic) bond motifs is 7. The van der Waals surface area contributed by atoms with Crippen molar-refractivity contribution < 1.29 is 0 Å². The topological polar surface area (TPSA) is 3.24 Å². The lowest BCUT2D eigenvalue weighted by Gasteiger charge is -2.31. The Bertz CT molecular complexity index is 2030. The average Bonchev–Trinajstić information content (AvgIpc) is 3.45. The summed E-state index contributed by atoms with van der Waals surface area (Å²) < 4.78 is 0. The highest BCUT2D eigenvalue weighted by Crippen LogP contribution is 2.55. The summed E-state index contributed by atoms with van der Waals surface area (Å²) in [5, 5.41) is 2.63. The molecule has 0 radical (unpaired) electrons. The Hall–Kier alpha value is -4.62. The molecule has 2 aliphatic carbocycles. The van der Waals surface area contributed by atoms with Crippen molar-refractivity contribution in [3.05, 3.63) is 150 Å². The first-order chi connectivity index (χ1) is 21.0. The van der Waals surface area contributed by atoms with Crippen molar-refractivity contribution in [1.82, 2.24) is 0 Å². The van der Waals surface area contributed by atoms with Gasteiger partial charge in [0.2, 0.25) is 0 Å². The van der Waals surface area contributed by atoms with Crippen LogP contribution < -0.4 is 4.90 Å². The predicted octanol–water partition coefficient (Wildman–Crippen LogP) is 11.7. The van der Waals surface area contributed by atoms with E-state index in [1.54, 1.807) is 0 Å². The van der Waals surface area contributed by atoms with Gasteiger partial charge in [-0.05, 0) is 117 Å². The highest BCUT2D eigenvalue weighted by Gasteiger charge is 2.41. The van der Waals surface area contributed by atoms with Crippen molar-refractivity contribution in [2.24, 2.45) is 0 Å². The molecule has 8 rings (SSSR count). The van der Waals surface area contributed by atoms with E-state index in [4.69, 9.17) is 0 Å². The monoisotopic (exact) mass is 555 g/mol. The standard InChI is InChI=1S/C42H37N/c1-5-42(6-2)38-23-21-31(26-36(38)35-24-28-14-10-11-15-29(28)25-40(35)42)43(30-16-8-7-9-17-30)32-20-22-34-33-18-12-13-19-37(33)41(3,4)39(34)27-32/h7-27H,5-6H2,1-4H3. The minimum atomic E-state index is -0.0515. The maximum absolute atomic E-state index is 2.46. The lowest BCUT2D eigenvalue weighted by molar-refractivity contribution is 0.491. The maximum Gasteiger partial charge on any atom is 0.0468 e. The van der Waals surface area contributed by atoms with Crippen LogP contribution in [0.5, 0.6) is 0 Å². The molecule has 0 N–H and O–H groups in total. The third-order valence-electron chi connectivity index (χ3n) is 10.5. The summed E-state index contributed by atoms with van der Waals surface area (Å²) in [6.45, 7) is 9.43. The third kappa shape index (κ3) is 3.64. The van der Waals surface area contributed by atoms with Crippen LogP contribution in [0, 0.1) is 0 Å². The number of hydrogen-bond acceptors (Lipinski definition) is 1. The van der Waals surface area contributed by atoms with Crippen LogP contribution in [0.15, 0.2) is 127 Å².